The Balaban J connectivity index is 1.83. The quantitative estimate of drug-likeness (QED) is 0.816. The molecule has 2 N–H and O–H groups in total. The van der Waals surface area contributed by atoms with Gasteiger partial charge in [0.25, 0.3) is 0 Å². The number of amides is 2. The van der Waals surface area contributed by atoms with E-state index < -0.39 is 0 Å². The average Bonchev–Trinajstić information content (AvgIpc) is 2.54. The highest BCUT2D eigenvalue weighted by atomic mass is 16.5. The van der Waals surface area contributed by atoms with Crippen LogP contribution in [-0.2, 0) is 4.74 Å². The Bertz CT molecular complexity index is 549. The fourth-order valence-corrected chi connectivity index (χ4v) is 2.54. The van der Waals surface area contributed by atoms with Crippen LogP contribution in [0.5, 0.6) is 0 Å². The number of rotatable bonds is 5. The summed E-state index contributed by atoms with van der Waals surface area (Å²) in [6, 6.07) is 6.61. The third-order valence-electron chi connectivity index (χ3n) is 4.10. The van der Waals surface area contributed by atoms with Gasteiger partial charge in [-0.2, -0.15) is 0 Å². The van der Waals surface area contributed by atoms with Crippen LogP contribution in [-0.4, -0.2) is 55.1 Å². The van der Waals surface area contributed by atoms with Crippen molar-refractivity contribution in [2.75, 3.05) is 38.2 Å². The van der Waals surface area contributed by atoms with E-state index in [2.05, 4.69) is 29.4 Å². The Hall–Kier alpha value is -1.92. The highest BCUT2D eigenvalue weighted by Crippen LogP contribution is 2.15. The number of Topliss-reactive ketones (excluding diaryl/α,β-unsaturated/α-hetero) is 1. The van der Waals surface area contributed by atoms with Crippen molar-refractivity contribution in [1.82, 2.24) is 10.2 Å². The molecule has 0 radical (unpaired) electrons. The van der Waals surface area contributed by atoms with E-state index in [9.17, 15) is 9.59 Å². The van der Waals surface area contributed by atoms with Crippen LogP contribution in [0.2, 0.25) is 0 Å². The number of ether oxygens (including phenoxy) is 1. The van der Waals surface area contributed by atoms with Gasteiger partial charge in [-0.3, -0.25) is 9.69 Å². The highest BCUT2D eigenvalue weighted by Gasteiger charge is 2.28. The molecule has 2 amide bonds. The fourth-order valence-electron chi connectivity index (χ4n) is 2.54. The second kappa shape index (κ2) is 7.57. The minimum absolute atomic E-state index is 0.00765. The molecule has 126 valence electrons. The summed E-state index contributed by atoms with van der Waals surface area (Å²) < 4.78 is 5.36. The lowest BCUT2D eigenvalue weighted by Crippen LogP contribution is -2.55. The van der Waals surface area contributed by atoms with Crippen molar-refractivity contribution in [3.63, 3.8) is 0 Å². The van der Waals surface area contributed by atoms with Gasteiger partial charge in [0.2, 0.25) is 0 Å². The molecule has 0 saturated carbocycles. The molecule has 1 heterocycles. The van der Waals surface area contributed by atoms with E-state index in [1.807, 2.05) is 0 Å². The SMILES string of the molecule is CC(=O)c1ccc(NC(=O)NCC(C)(C)N2CCOCC2)cc1. The predicted octanol–water partition coefficient (Wildman–Crippen LogP) is 2.12. The number of hydrogen-bond acceptors (Lipinski definition) is 4. The number of carbonyl (C=O) groups excluding carboxylic acids is 2. The minimum atomic E-state index is -0.248. The van der Waals surface area contributed by atoms with Crippen LogP contribution in [0, 0.1) is 0 Å². The molecule has 0 aromatic heterocycles. The molecular formula is C17H25N3O3. The molecule has 1 aliphatic rings. The number of urea groups is 1. The first kappa shape index (κ1) is 17.4. The molecule has 1 saturated heterocycles. The van der Waals surface area contributed by atoms with E-state index in [-0.39, 0.29) is 17.4 Å². The zero-order chi connectivity index (χ0) is 16.9. The van der Waals surface area contributed by atoms with Gasteiger partial charge in [0.1, 0.15) is 0 Å². The molecule has 2 rings (SSSR count). The summed E-state index contributed by atoms with van der Waals surface area (Å²) in [4.78, 5) is 25.6. The molecule has 1 aliphatic heterocycles. The first-order valence-corrected chi connectivity index (χ1v) is 7.87. The Morgan fingerprint density at radius 2 is 1.78 bits per heavy atom. The predicted molar refractivity (Wildman–Crippen MR) is 89.9 cm³/mol. The lowest BCUT2D eigenvalue weighted by atomic mass is 10.0. The maximum atomic E-state index is 12.0. The third kappa shape index (κ3) is 5.04. The van der Waals surface area contributed by atoms with Gasteiger partial charge in [-0.25, -0.2) is 4.79 Å². The second-order valence-electron chi connectivity index (χ2n) is 6.35. The van der Waals surface area contributed by atoms with Crippen LogP contribution in [0.1, 0.15) is 31.1 Å². The van der Waals surface area contributed by atoms with Gasteiger partial charge in [0.05, 0.1) is 13.2 Å². The number of nitrogens with one attached hydrogen (secondary N) is 2. The first-order chi connectivity index (χ1) is 10.9. The second-order valence-corrected chi connectivity index (χ2v) is 6.35. The highest BCUT2D eigenvalue weighted by molar-refractivity contribution is 5.95. The Morgan fingerprint density at radius 1 is 1.17 bits per heavy atom. The lowest BCUT2D eigenvalue weighted by Gasteiger charge is -2.40. The summed E-state index contributed by atoms with van der Waals surface area (Å²) in [7, 11) is 0. The summed E-state index contributed by atoms with van der Waals surface area (Å²) in [6.45, 7) is 9.51. The molecule has 0 atom stereocenters. The smallest absolute Gasteiger partial charge is 0.319 e. The van der Waals surface area contributed by atoms with Crippen LogP contribution in [0.15, 0.2) is 24.3 Å². The van der Waals surface area contributed by atoms with Gasteiger partial charge in [0.15, 0.2) is 5.78 Å². The van der Waals surface area contributed by atoms with Gasteiger partial charge in [-0.05, 0) is 45.0 Å². The van der Waals surface area contributed by atoms with E-state index in [1.165, 1.54) is 6.92 Å². The molecule has 6 heteroatoms. The third-order valence-corrected chi connectivity index (χ3v) is 4.10. The van der Waals surface area contributed by atoms with Gasteiger partial charge in [-0.1, -0.05) is 0 Å². The number of benzene rings is 1. The first-order valence-electron chi connectivity index (χ1n) is 7.87. The average molecular weight is 319 g/mol. The summed E-state index contributed by atoms with van der Waals surface area (Å²) in [6.07, 6.45) is 0. The van der Waals surface area contributed by atoms with Crippen LogP contribution < -0.4 is 10.6 Å². The summed E-state index contributed by atoms with van der Waals surface area (Å²) in [5.74, 6) is 0.00765. The lowest BCUT2D eigenvalue weighted by molar-refractivity contribution is -0.00863. The Kier molecular flexibility index (Phi) is 5.74. The van der Waals surface area contributed by atoms with Crippen LogP contribution in [0.4, 0.5) is 10.5 Å². The summed E-state index contributed by atoms with van der Waals surface area (Å²) in [5.41, 5.74) is 1.17. The number of morpholine rings is 1. The monoisotopic (exact) mass is 319 g/mol. The van der Waals surface area contributed by atoms with Crippen LogP contribution in [0.25, 0.3) is 0 Å². The molecule has 0 spiro atoms. The Morgan fingerprint density at radius 3 is 2.35 bits per heavy atom. The number of ketones is 1. The number of hydrogen-bond donors (Lipinski definition) is 2. The molecule has 23 heavy (non-hydrogen) atoms. The maximum absolute atomic E-state index is 12.0. The van der Waals surface area contributed by atoms with E-state index >= 15 is 0 Å². The number of carbonyl (C=O) groups is 2. The van der Waals surface area contributed by atoms with Crippen molar-refractivity contribution in [3.8, 4) is 0 Å². The molecule has 1 fully saturated rings. The zero-order valence-corrected chi connectivity index (χ0v) is 14.0. The summed E-state index contributed by atoms with van der Waals surface area (Å²) >= 11 is 0. The van der Waals surface area contributed by atoms with Crippen LogP contribution in [0.3, 0.4) is 0 Å². The molecule has 6 nitrogen and oxygen atoms in total. The molecule has 0 aliphatic carbocycles. The van der Waals surface area contributed by atoms with E-state index in [0.29, 0.717) is 17.8 Å². The number of anilines is 1. The zero-order valence-electron chi connectivity index (χ0n) is 14.0. The molecule has 0 bridgehead atoms. The molecule has 1 aromatic carbocycles. The van der Waals surface area contributed by atoms with Crippen molar-refractivity contribution in [2.45, 2.75) is 26.3 Å². The number of nitrogens with zero attached hydrogens (tertiary/aromatic N) is 1. The van der Waals surface area contributed by atoms with Crippen LogP contribution >= 0.6 is 0 Å². The van der Waals surface area contributed by atoms with Crippen molar-refractivity contribution in [3.05, 3.63) is 29.8 Å². The minimum Gasteiger partial charge on any atom is -0.379 e. The van der Waals surface area contributed by atoms with Crippen molar-refractivity contribution >= 4 is 17.5 Å². The van der Waals surface area contributed by atoms with Crippen molar-refractivity contribution in [2.24, 2.45) is 0 Å². The molecule has 1 aromatic rings. The van der Waals surface area contributed by atoms with E-state index in [4.69, 9.17) is 4.74 Å². The largest absolute Gasteiger partial charge is 0.379 e. The fraction of sp³-hybridized carbons (Fsp3) is 0.529. The maximum Gasteiger partial charge on any atom is 0.319 e. The molecule has 0 unspecified atom stereocenters. The van der Waals surface area contributed by atoms with Gasteiger partial charge in [-0.15, -0.1) is 0 Å². The van der Waals surface area contributed by atoms with Gasteiger partial charge < -0.3 is 15.4 Å². The van der Waals surface area contributed by atoms with E-state index in [1.54, 1.807) is 24.3 Å². The van der Waals surface area contributed by atoms with E-state index in [0.717, 1.165) is 26.3 Å². The summed E-state index contributed by atoms with van der Waals surface area (Å²) in [5, 5.41) is 5.69. The standard InChI is InChI=1S/C17H25N3O3/c1-13(21)14-4-6-15(7-5-14)19-16(22)18-12-17(2,3)20-8-10-23-11-9-20/h4-7H,8-12H2,1-3H3,(H2,18,19,22). The van der Waals surface area contributed by atoms with Gasteiger partial charge in [0, 0.05) is 36.4 Å². The van der Waals surface area contributed by atoms with Crippen molar-refractivity contribution < 1.29 is 14.3 Å². The van der Waals surface area contributed by atoms with Crippen molar-refractivity contribution in [1.29, 1.82) is 0 Å². The normalized spacial score (nSPS) is 16.0. The topological polar surface area (TPSA) is 70.7 Å². The Labute approximate surface area is 137 Å². The molecular weight excluding hydrogens is 294 g/mol. The van der Waals surface area contributed by atoms with Gasteiger partial charge >= 0.3 is 6.03 Å².